The molecule has 0 saturated heterocycles. The minimum atomic E-state index is -2.19. The van der Waals surface area contributed by atoms with Crippen molar-refractivity contribution in [3.63, 3.8) is 0 Å². The molecular formula is C25H23OOsP. The third kappa shape index (κ3) is 3.94. The van der Waals surface area contributed by atoms with Gasteiger partial charge >= 0.3 is 179 Å². The molecule has 28 heavy (non-hydrogen) atoms. The van der Waals surface area contributed by atoms with Crippen molar-refractivity contribution in [2.75, 3.05) is 6.61 Å². The normalized spacial score (nSPS) is 12.1. The fraction of sp³-hybridized carbons (Fsp3) is 0.120. The van der Waals surface area contributed by atoms with Crippen LogP contribution in [0.4, 0.5) is 0 Å². The zero-order valence-electron chi connectivity index (χ0n) is 15.8. The maximum atomic E-state index is 6.08. The molecule has 1 nitrogen and oxygen atoms in total. The number of rotatable bonds is 8. The summed E-state index contributed by atoms with van der Waals surface area (Å²) in [7, 11) is -2.19. The Balaban J connectivity index is 2.44. The van der Waals surface area contributed by atoms with Gasteiger partial charge in [0.15, 0.2) is 0 Å². The molecule has 0 amide bonds. The zero-order valence-corrected chi connectivity index (χ0v) is 19.2. The number of ether oxygens (including phenoxy) is 1. The second-order valence-corrected chi connectivity index (χ2v) is 10.2. The molecule has 0 fully saturated rings. The Morgan fingerprint density at radius 2 is 1.29 bits per heavy atom. The Morgan fingerprint density at radius 1 is 0.893 bits per heavy atom. The van der Waals surface area contributed by atoms with E-state index in [0.29, 0.717) is 6.61 Å². The second-order valence-electron chi connectivity index (χ2n) is 6.22. The van der Waals surface area contributed by atoms with Crippen molar-refractivity contribution in [1.82, 2.24) is 0 Å². The van der Waals surface area contributed by atoms with E-state index in [9.17, 15) is 0 Å². The van der Waals surface area contributed by atoms with Gasteiger partial charge in [-0.2, -0.15) is 0 Å². The molecule has 3 rings (SSSR count). The fourth-order valence-electron chi connectivity index (χ4n) is 3.52. The van der Waals surface area contributed by atoms with E-state index in [2.05, 4.69) is 95.2 Å². The van der Waals surface area contributed by atoms with Gasteiger partial charge in [0.2, 0.25) is 0 Å². The molecule has 0 aliphatic heterocycles. The summed E-state index contributed by atoms with van der Waals surface area (Å²) in [5.74, 6) is 0. The molecule has 0 spiro atoms. The Hall–Kier alpha value is -1.92. The summed E-state index contributed by atoms with van der Waals surface area (Å²) < 4.78 is 9.60. The summed E-state index contributed by atoms with van der Waals surface area (Å²) in [6.07, 6.45) is 1.36. The van der Waals surface area contributed by atoms with E-state index in [0.717, 1.165) is 5.31 Å². The van der Waals surface area contributed by atoms with E-state index in [1.54, 1.807) is 24.2 Å². The van der Waals surface area contributed by atoms with E-state index in [1.165, 1.54) is 15.9 Å². The van der Waals surface area contributed by atoms with Crippen molar-refractivity contribution in [2.45, 2.75) is 13.0 Å². The van der Waals surface area contributed by atoms with Crippen LogP contribution in [-0.2, 0) is 22.9 Å². The minimum absolute atomic E-state index is 0.295. The molecule has 3 aromatic rings. The summed E-state index contributed by atoms with van der Waals surface area (Å²) in [5, 5.41) is 4.92. The Kier molecular flexibility index (Phi) is 7.45. The van der Waals surface area contributed by atoms with E-state index >= 15 is 0 Å². The van der Waals surface area contributed by atoms with Gasteiger partial charge in [0, 0.05) is 0 Å². The zero-order chi connectivity index (χ0) is 19.8. The molecule has 0 aliphatic carbocycles. The summed E-state index contributed by atoms with van der Waals surface area (Å²) >= 11 is 1.73. The average molecular weight is 561 g/mol. The molecule has 0 heterocycles. The Morgan fingerprint density at radius 3 is 1.57 bits per heavy atom. The Labute approximate surface area is 178 Å². The number of benzene rings is 3. The first-order valence-electron chi connectivity index (χ1n) is 9.24. The Bertz CT molecular complexity index is 851. The van der Waals surface area contributed by atoms with Crippen LogP contribution < -0.4 is 15.9 Å². The fourth-order valence-corrected chi connectivity index (χ4v) is 9.41. The van der Waals surface area contributed by atoms with Gasteiger partial charge in [-0.15, -0.1) is 0 Å². The van der Waals surface area contributed by atoms with Crippen molar-refractivity contribution >= 4 is 27.4 Å². The van der Waals surface area contributed by atoms with Crippen molar-refractivity contribution in [2.24, 2.45) is 0 Å². The average Bonchev–Trinajstić information content (AvgIpc) is 2.78. The van der Waals surface area contributed by atoms with Gasteiger partial charge in [-0.05, 0) is 0 Å². The number of hydrogen-bond acceptors (Lipinski definition) is 1. The predicted octanol–water partition coefficient (Wildman–Crippen LogP) is 4.21. The molecule has 3 aromatic carbocycles. The molecule has 0 bridgehead atoms. The molecule has 0 aliphatic rings. The molecule has 0 aromatic heterocycles. The van der Waals surface area contributed by atoms with Crippen molar-refractivity contribution in [3.8, 4) is 0 Å². The van der Waals surface area contributed by atoms with Crippen molar-refractivity contribution < 1.29 is 22.9 Å². The third-order valence-corrected chi connectivity index (χ3v) is 10.2. The van der Waals surface area contributed by atoms with E-state index in [-0.39, 0.29) is 6.10 Å². The van der Waals surface area contributed by atoms with Crippen molar-refractivity contribution in [3.05, 3.63) is 109 Å². The van der Waals surface area contributed by atoms with Gasteiger partial charge < -0.3 is 0 Å². The summed E-state index contributed by atoms with van der Waals surface area (Å²) in [6, 6.07) is 32.1. The van der Waals surface area contributed by atoms with Crippen LogP contribution in [0.2, 0.25) is 0 Å². The van der Waals surface area contributed by atoms with Gasteiger partial charge in [0.1, 0.15) is 0 Å². The van der Waals surface area contributed by atoms with E-state index in [1.807, 2.05) is 6.92 Å². The van der Waals surface area contributed by atoms with Gasteiger partial charge in [-0.25, -0.2) is 0 Å². The molecule has 1 atom stereocenters. The topological polar surface area (TPSA) is 9.23 Å². The quantitative estimate of drug-likeness (QED) is 0.297. The van der Waals surface area contributed by atoms with Gasteiger partial charge in [0.05, 0.1) is 0 Å². The van der Waals surface area contributed by atoms with Crippen LogP contribution in [0.3, 0.4) is 0 Å². The molecule has 142 valence electrons. The first kappa shape index (κ1) is 20.8. The van der Waals surface area contributed by atoms with Crippen LogP contribution in [0.25, 0.3) is 0 Å². The molecule has 0 radical (unpaired) electrons. The summed E-state index contributed by atoms with van der Waals surface area (Å²) in [4.78, 5) is 0. The predicted molar refractivity (Wildman–Crippen MR) is 118 cm³/mol. The van der Waals surface area contributed by atoms with Crippen LogP contribution in [0.1, 0.15) is 6.92 Å². The SMILES string of the molecule is [CH-]=CC(OCC)C(=[C]=[Os])[P+](c1ccccc1)(c1ccccc1)c1ccccc1. The van der Waals surface area contributed by atoms with E-state index in [4.69, 9.17) is 11.3 Å². The third-order valence-electron chi connectivity index (χ3n) is 4.67. The monoisotopic (exact) mass is 562 g/mol. The standard InChI is InChI=1S/C25H23OP.Os/c1-4-25(26-5-2)21(3)27(22-15-9-6-10-16-22,23-17-11-7-12-18-23)24-19-13-8-14-20-24;/h1,4,6-20,25H,5H2,2H3;. The van der Waals surface area contributed by atoms with Gasteiger partial charge in [-0.1, -0.05) is 0 Å². The number of hydrogen-bond donors (Lipinski definition) is 0. The van der Waals surface area contributed by atoms with Crippen LogP contribution in [0.15, 0.2) is 102 Å². The van der Waals surface area contributed by atoms with Crippen LogP contribution in [-0.4, -0.2) is 16.9 Å². The summed E-state index contributed by atoms with van der Waals surface area (Å²) in [6.45, 7) is 8.66. The van der Waals surface area contributed by atoms with Crippen LogP contribution in [0, 0.1) is 6.58 Å². The van der Waals surface area contributed by atoms with Crippen LogP contribution >= 0.6 is 7.26 Å². The first-order chi connectivity index (χ1) is 13.8. The molecule has 1 unspecified atom stereocenters. The van der Waals surface area contributed by atoms with Crippen LogP contribution in [0.5, 0.6) is 0 Å². The maximum absolute atomic E-state index is 6.08. The summed E-state index contributed by atoms with van der Waals surface area (Å²) in [5.41, 5.74) is 0. The van der Waals surface area contributed by atoms with Crippen molar-refractivity contribution in [1.29, 1.82) is 0 Å². The van der Waals surface area contributed by atoms with E-state index < -0.39 is 7.26 Å². The first-order valence-corrected chi connectivity index (χ1v) is 12.3. The molecular weight excluding hydrogens is 537 g/mol. The van der Waals surface area contributed by atoms with Gasteiger partial charge in [0.25, 0.3) is 0 Å². The molecule has 0 N–H and O–H groups in total. The van der Waals surface area contributed by atoms with Gasteiger partial charge in [-0.3, -0.25) is 0 Å². The second kappa shape index (κ2) is 10.0. The molecule has 3 heteroatoms. The molecule has 0 saturated carbocycles.